The molecule has 1 aliphatic heterocycles. The summed E-state index contributed by atoms with van der Waals surface area (Å²) >= 11 is 0. The molecule has 0 saturated carbocycles. The van der Waals surface area contributed by atoms with Gasteiger partial charge in [-0.2, -0.15) is 0 Å². The highest BCUT2D eigenvalue weighted by Gasteiger charge is 2.23. The zero-order valence-electron chi connectivity index (χ0n) is 17.3. The number of nitrogens with one attached hydrogen (secondary N) is 1. The summed E-state index contributed by atoms with van der Waals surface area (Å²) in [4.78, 5) is 16.9. The van der Waals surface area contributed by atoms with E-state index in [-0.39, 0.29) is 18.9 Å². The van der Waals surface area contributed by atoms with E-state index >= 15 is 0 Å². The number of benzene rings is 2. The second kappa shape index (κ2) is 8.97. The molecule has 0 atom stereocenters. The molecule has 1 N–H and O–H groups in total. The van der Waals surface area contributed by atoms with Crippen LogP contribution >= 0.6 is 0 Å². The molecule has 1 amide bonds. The van der Waals surface area contributed by atoms with Crippen LogP contribution in [-0.4, -0.2) is 51.9 Å². The van der Waals surface area contributed by atoms with E-state index in [4.69, 9.17) is 0 Å². The van der Waals surface area contributed by atoms with Crippen LogP contribution in [-0.2, 0) is 14.8 Å². The molecule has 0 bridgehead atoms. The number of piperazine rings is 1. The van der Waals surface area contributed by atoms with Crippen molar-refractivity contribution in [3.05, 3.63) is 59.2 Å². The van der Waals surface area contributed by atoms with Crippen molar-refractivity contribution in [3.63, 3.8) is 0 Å². The van der Waals surface area contributed by atoms with Gasteiger partial charge in [0.1, 0.15) is 0 Å². The first-order valence-electron chi connectivity index (χ1n) is 9.93. The van der Waals surface area contributed by atoms with E-state index in [9.17, 15) is 13.2 Å². The van der Waals surface area contributed by atoms with E-state index in [0.717, 1.165) is 35.5 Å². The highest BCUT2D eigenvalue weighted by atomic mass is 32.2. The number of nitrogens with zero attached hydrogens (tertiary/aromatic N) is 2. The fraction of sp³-hybridized carbons (Fsp3) is 0.409. The minimum absolute atomic E-state index is 0.0160. The third kappa shape index (κ3) is 5.16. The maximum Gasteiger partial charge on any atom is 0.241 e. The first-order valence-corrected chi connectivity index (χ1v) is 11.4. The van der Waals surface area contributed by atoms with Crippen molar-refractivity contribution >= 4 is 21.6 Å². The summed E-state index contributed by atoms with van der Waals surface area (Å²) in [5.41, 5.74) is 3.64. The summed E-state index contributed by atoms with van der Waals surface area (Å²) in [6, 6.07) is 13.9. The smallest absolute Gasteiger partial charge is 0.241 e. The number of carbonyl (C=O) groups is 1. The van der Waals surface area contributed by atoms with E-state index in [1.807, 2.05) is 42.2 Å². The average molecular weight is 416 g/mol. The summed E-state index contributed by atoms with van der Waals surface area (Å²) < 4.78 is 28.0. The Hall–Kier alpha value is -2.38. The topological polar surface area (TPSA) is 69.7 Å². The molecular weight excluding hydrogens is 386 g/mol. The average Bonchev–Trinajstić information content (AvgIpc) is 2.67. The minimum atomic E-state index is -3.64. The lowest BCUT2D eigenvalue weighted by Gasteiger charge is -2.36. The number of rotatable bonds is 6. The van der Waals surface area contributed by atoms with E-state index in [1.165, 1.54) is 0 Å². The number of hydrogen-bond acceptors (Lipinski definition) is 4. The zero-order valence-corrected chi connectivity index (χ0v) is 18.1. The van der Waals surface area contributed by atoms with Gasteiger partial charge in [-0.15, -0.1) is 0 Å². The van der Waals surface area contributed by atoms with Crippen molar-refractivity contribution in [3.8, 4) is 0 Å². The molecule has 7 heteroatoms. The minimum Gasteiger partial charge on any atom is -0.368 e. The van der Waals surface area contributed by atoms with Gasteiger partial charge in [-0.3, -0.25) is 4.79 Å². The highest BCUT2D eigenvalue weighted by Crippen LogP contribution is 2.21. The number of hydrogen-bond donors (Lipinski definition) is 1. The predicted molar refractivity (Wildman–Crippen MR) is 116 cm³/mol. The fourth-order valence-electron chi connectivity index (χ4n) is 3.97. The van der Waals surface area contributed by atoms with Crippen molar-refractivity contribution in [2.75, 3.05) is 37.6 Å². The van der Waals surface area contributed by atoms with Crippen LogP contribution in [0.4, 0.5) is 5.69 Å². The quantitative estimate of drug-likeness (QED) is 0.787. The molecule has 6 nitrogen and oxygen atoms in total. The van der Waals surface area contributed by atoms with E-state index in [1.54, 1.807) is 13.8 Å². The molecule has 1 saturated heterocycles. The van der Waals surface area contributed by atoms with Crippen molar-refractivity contribution in [2.24, 2.45) is 0 Å². The summed E-state index contributed by atoms with van der Waals surface area (Å²) in [6.07, 6.45) is 0.161. The predicted octanol–water partition coefficient (Wildman–Crippen LogP) is 2.63. The fourth-order valence-corrected chi connectivity index (χ4v) is 5.45. The molecule has 156 valence electrons. The molecule has 0 unspecified atom stereocenters. The van der Waals surface area contributed by atoms with Gasteiger partial charge in [-0.05, 0) is 44.0 Å². The summed E-state index contributed by atoms with van der Waals surface area (Å²) in [6.45, 7) is 8.50. The first-order chi connectivity index (χ1) is 13.8. The van der Waals surface area contributed by atoms with Gasteiger partial charge in [-0.1, -0.05) is 35.9 Å². The largest absolute Gasteiger partial charge is 0.368 e. The molecule has 1 heterocycles. The van der Waals surface area contributed by atoms with Crippen LogP contribution in [0.2, 0.25) is 0 Å². The van der Waals surface area contributed by atoms with Crippen LogP contribution in [0.15, 0.2) is 47.4 Å². The number of aryl methyl sites for hydroxylation is 3. The third-order valence-corrected chi connectivity index (χ3v) is 7.02. The molecular formula is C22H29N3O3S. The Balaban J connectivity index is 1.51. The van der Waals surface area contributed by atoms with Crippen molar-refractivity contribution in [2.45, 2.75) is 32.1 Å². The van der Waals surface area contributed by atoms with Crippen LogP contribution in [0, 0.1) is 20.8 Å². The van der Waals surface area contributed by atoms with Crippen LogP contribution in [0.5, 0.6) is 0 Å². The number of sulfonamides is 1. The van der Waals surface area contributed by atoms with Crippen molar-refractivity contribution in [1.82, 2.24) is 9.62 Å². The van der Waals surface area contributed by atoms with E-state index in [0.29, 0.717) is 18.0 Å². The highest BCUT2D eigenvalue weighted by molar-refractivity contribution is 7.89. The molecule has 1 fully saturated rings. The van der Waals surface area contributed by atoms with Gasteiger partial charge in [-0.25, -0.2) is 13.1 Å². The maximum atomic E-state index is 12.7. The van der Waals surface area contributed by atoms with Gasteiger partial charge in [0.2, 0.25) is 15.9 Å². The zero-order chi connectivity index (χ0) is 21.0. The van der Waals surface area contributed by atoms with Crippen LogP contribution in [0.25, 0.3) is 0 Å². The number of amides is 1. The van der Waals surface area contributed by atoms with Crippen LogP contribution in [0.3, 0.4) is 0 Å². The summed E-state index contributed by atoms with van der Waals surface area (Å²) in [5.74, 6) is -0.0160. The lowest BCUT2D eigenvalue weighted by molar-refractivity contribution is -0.131. The standard InChI is InChI=1S/C22H29N3O3S/c1-17-15-18(2)22(19(3)16-17)29(27,28)23-10-9-21(26)25-13-11-24(12-14-25)20-7-5-4-6-8-20/h4-8,15-16,23H,9-14H2,1-3H3. The van der Waals surface area contributed by atoms with E-state index in [2.05, 4.69) is 21.8 Å². The maximum absolute atomic E-state index is 12.7. The third-order valence-electron chi connectivity index (χ3n) is 5.26. The normalized spacial score (nSPS) is 14.9. The number of carbonyl (C=O) groups excluding carboxylic acids is 1. The molecule has 0 spiro atoms. The lowest BCUT2D eigenvalue weighted by Crippen LogP contribution is -2.49. The van der Waals surface area contributed by atoms with Gasteiger partial charge in [0.25, 0.3) is 0 Å². The molecule has 3 rings (SSSR count). The molecule has 0 aliphatic carbocycles. The monoisotopic (exact) mass is 415 g/mol. The van der Waals surface area contributed by atoms with Gasteiger partial charge in [0.15, 0.2) is 0 Å². The number of anilines is 1. The van der Waals surface area contributed by atoms with Gasteiger partial charge in [0.05, 0.1) is 4.90 Å². The van der Waals surface area contributed by atoms with Crippen molar-refractivity contribution in [1.29, 1.82) is 0 Å². The Morgan fingerprint density at radius 2 is 1.55 bits per heavy atom. The molecule has 2 aromatic carbocycles. The Morgan fingerprint density at radius 1 is 0.966 bits per heavy atom. The Bertz CT molecular complexity index is 943. The van der Waals surface area contributed by atoms with E-state index < -0.39 is 10.0 Å². The Kier molecular flexibility index (Phi) is 6.59. The second-order valence-corrected chi connectivity index (χ2v) is 9.28. The van der Waals surface area contributed by atoms with Gasteiger partial charge >= 0.3 is 0 Å². The molecule has 2 aromatic rings. The molecule has 29 heavy (non-hydrogen) atoms. The second-order valence-electron chi connectivity index (χ2n) is 7.58. The number of para-hydroxylation sites is 1. The van der Waals surface area contributed by atoms with Crippen LogP contribution < -0.4 is 9.62 Å². The summed E-state index contributed by atoms with van der Waals surface area (Å²) in [5, 5.41) is 0. The Labute approximate surface area is 173 Å². The molecule has 0 radical (unpaired) electrons. The first kappa shape index (κ1) is 21.3. The Morgan fingerprint density at radius 3 is 2.14 bits per heavy atom. The molecule has 1 aliphatic rings. The van der Waals surface area contributed by atoms with Gasteiger partial charge < -0.3 is 9.80 Å². The van der Waals surface area contributed by atoms with Crippen LogP contribution in [0.1, 0.15) is 23.1 Å². The van der Waals surface area contributed by atoms with Gasteiger partial charge in [0, 0.05) is 44.8 Å². The molecule has 0 aromatic heterocycles. The summed E-state index contributed by atoms with van der Waals surface area (Å²) in [7, 11) is -3.64. The van der Waals surface area contributed by atoms with Crippen molar-refractivity contribution < 1.29 is 13.2 Å². The SMILES string of the molecule is Cc1cc(C)c(S(=O)(=O)NCCC(=O)N2CCN(c3ccccc3)CC2)c(C)c1. The lowest BCUT2D eigenvalue weighted by atomic mass is 10.1.